The molecule has 0 radical (unpaired) electrons. The highest BCUT2D eigenvalue weighted by Crippen LogP contribution is 2.37. The van der Waals surface area contributed by atoms with Crippen molar-refractivity contribution in [1.29, 1.82) is 0 Å². The van der Waals surface area contributed by atoms with E-state index in [-0.39, 0.29) is 22.5 Å². The molecule has 0 spiro atoms. The molecule has 148 valence electrons. The number of aromatic nitrogens is 4. The van der Waals surface area contributed by atoms with Gasteiger partial charge in [0.25, 0.3) is 0 Å². The smallest absolute Gasteiger partial charge is 0.375 e. The molecule has 29 heavy (non-hydrogen) atoms. The summed E-state index contributed by atoms with van der Waals surface area (Å²) in [7, 11) is 0. The van der Waals surface area contributed by atoms with Gasteiger partial charge in [-0.3, -0.25) is 0 Å². The number of nitrogens with one attached hydrogen (secondary N) is 1. The molecule has 4 aromatic rings. The van der Waals surface area contributed by atoms with Crippen molar-refractivity contribution in [3.05, 3.63) is 52.3 Å². The molecule has 0 aliphatic heterocycles. The maximum absolute atomic E-state index is 12.7. The first-order valence-corrected chi connectivity index (χ1v) is 9.48. The fraction of sp³-hybridized carbons (Fsp3) is 0.0588. The molecule has 0 fully saturated rings. The third-order valence-corrected chi connectivity index (χ3v) is 5.19. The normalized spacial score (nSPS) is 11.8. The number of pyridine rings is 1. The largest absolute Gasteiger partial charge is 0.433 e. The number of alkyl halides is 3. The van der Waals surface area contributed by atoms with Crippen molar-refractivity contribution in [3.8, 4) is 11.4 Å². The number of thiazole rings is 1. The van der Waals surface area contributed by atoms with Crippen LogP contribution in [0, 0.1) is 0 Å². The fourth-order valence-corrected chi connectivity index (χ4v) is 3.79. The van der Waals surface area contributed by atoms with Crippen LogP contribution in [0.3, 0.4) is 0 Å². The Labute approximate surface area is 175 Å². The average molecular weight is 457 g/mol. The lowest BCUT2D eigenvalue weighted by atomic mass is 10.2. The molecule has 0 saturated carbocycles. The second-order valence-corrected chi connectivity index (χ2v) is 7.58. The Morgan fingerprint density at radius 2 is 1.72 bits per heavy atom. The van der Waals surface area contributed by atoms with Crippen molar-refractivity contribution in [2.45, 2.75) is 6.18 Å². The molecule has 1 aromatic carbocycles. The highest BCUT2D eigenvalue weighted by atomic mass is 35.5. The summed E-state index contributed by atoms with van der Waals surface area (Å²) >= 11 is 13.6. The van der Waals surface area contributed by atoms with Crippen LogP contribution in [0.5, 0.6) is 0 Å². The first-order valence-electron chi connectivity index (χ1n) is 7.91. The van der Waals surface area contributed by atoms with Crippen molar-refractivity contribution >= 4 is 61.5 Å². The summed E-state index contributed by atoms with van der Waals surface area (Å²) in [6.07, 6.45) is -3.48. The first kappa shape index (κ1) is 19.6. The van der Waals surface area contributed by atoms with Crippen LogP contribution in [0.2, 0.25) is 10.0 Å². The van der Waals surface area contributed by atoms with Gasteiger partial charge in [0.2, 0.25) is 0 Å². The van der Waals surface area contributed by atoms with E-state index >= 15 is 0 Å². The maximum Gasteiger partial charge on any atom is 0.433 e. The summed E-state index contributed by atoms with van der Waals surface area (Å²) in [5.41, 5.74) is 5.84. The van der Waals surface area contributed by atoms with Crippen LogP contribution in [0.4, 0.5) is 29.8 Å². The Balaban J connectivity index is 1.81. The molecule has 0 bridgehead atoms. The number of halogens is 5. The minimum Gasteiger partial charge on any atom is -0.375 e. The summed E-state index contributed by atoms with van der Waals surface area (Å²) < 4.78 is 38.2. The third-order valence-electron chi connectivity index (χ3n) is 3.78. The zero-order chi connectivity index (χ0) is 20.8. The minimum atomic E-state index is -4.53. The van der Waals surface area contributed by atoms with Crippen LogP contribution in [0.15, 0.2) is 36.5 Å². The van der Waals surface area contributed by atoms with E-state index in [1.54, 1.807) is 18.2 Å². The summed E-state index contributed by atoms with van der Waals surface area (Å²) in [5.74, 6) is 0.453. The van der Waals surface area contributed by atoms with Gasteiger partial charge in [-0.15, -0.1) is 0 Å². The quantitative estimate of drug-likeness (QED) is 0.404. The van der Waals surface area contributed by atoms with Gasteiger partial charge in [0, 0.05) is 0 Å². The predicted octanol–water partition coefficient (Wildman–Crippen LogP) is 5.80. The number of hydrogen-bond acceptors (Lipinski definition) is 7. The third kappa shape index (κ3) is 3.91. The second kappa shape index (κ2) is 7.29. The van der Waals surface area contributed by atoms with Gasteiger partial charge in [0.05, 0.1) is 27.5 Å². The maximum atomic E-state index is 12.7. The van der Waals surface area contributed by atoms with Gasteiger partial charge in [0.1, 0.15) is 11.2 Å². The van der Waals surface area contributed by atoms with Crippen LogP contribution in [0.25, 0.3) is 21.7 Å². The Hall–Kier alpha value is -2.69. The van der Waals surface area contributed by atoms with Crippen molar-refractivity contribution in [2.24, 2.45) is 0 Å². The van der Waals surface area contributed by atoms with Crippen LogP contribution < -0.4 is 11.1 Å². The number of nitrogen functional groups attached to an aromatic ring is 1. The standard InChI is InChI=1S/C17H9Cl2F3N6S/c18-8-2-1-3-9(19)11(8)13-27-14(12-15(28-13)29-16(23)26-12)25-7-4-5-10(24-6-7)17(20,21)22/h1-6H,(H2,23,26)(H,25,27,28). The topological polar surface area (TPSA) is 89.6 Å². The molecule has 0 amide bonds. The molecule has 4 rings (SSSR count). The second-order valence-electron chi connectivity index (χ2n) is 5.75. The molecule has 3 N–H and O–H groups in total. The van der Waals surface area contributed by atoms with Crippen molar-refractivity contribution in [1.82, 2.24) is 19.9 Å². The molecule has 6 nitrogen and oxygen atoms in total. The van der Waals surface area contributed by atoms with Crippen LogP contribution in [0.1, 0.15) is 5.69 Å². The van der Waals surface area contributed by atoms with E-state index in [0.717, 1.165) is 23.6 Å². The molecule has 0 aliphatic carbocycles. The van der Waals surface area contributed by atoms with Crippen molar-refractivity contribution in [2.75, 3.05) is 11.1 Å². The zero-order valence-electron chi connectivity index (χ0n) is 14.1. The highest BCUT2D eigenvalue weighted by Gasteiger charge is 2.32. The minimum absolute atomic E-state index is 0.221. The Bertz CT molecular complexity index is 1190. The lowest BCUT2D eigenvalue weighted by molar-refractivity contribution is -0.141. The highest BCUT2D eigenvalue weighted by molar-refractivity contribution is 7.21. The number of anilines is 3. The lowest BCUT2D eigenvalue weighted by Crippen LogP contribution is -2.08. The van der Waals surface area contributed by atoms with Gasteiger partial charge < -0.3 is 11.1 Å². The number of hydrogen-bond donors (Lipinski definition) is 2. The number of nitrogens with zero attached hydrogens (tertiary/aromatic N) is 4. The van der Waals surface area contributed by atoms with Crippen LogP contribution in [-0.2, 0) is 6.18 Å². The molecule has 3 aromatic heterocycles. The van der Waals surface area contributed by atoms with E-state index in [0.29, 0.717) is 26.0 Å². The number of nitrogens with two attached hydrogens (primary N) is 1. The Kier molecular flexibility index (Phi) is 4.93. The van der Waals surface area contributed by atoms with E-state index in [1.165, 1.54) is 6.07 Å². The Morgan fingerprint density at radius 3 is 2.34 bits per heavy atom. The zero-order valence-corrected chi connectivity index (χ0v) is 16.5. The van der Waals surface area contributed by atoms with Gasteiger partial charge in [-0.25, -0.2) is 19.9 Å². The van der Waals surface area contributed by atoms with E-state index in [9.17, 15) is 13.2 Å². The fourth-order valence-electron chi connectivity index (χ4n) is 2.52. The number of benzene rings is 1. The molecule has 12 heteroatoms. The number of fused-ring (bicyclic) bond motifs is 1. The van der Waals surface area contributed by atoms with E-state index in [4.69, 9.17) is 28.9 Å². The lowest BCUT2D eigenvalue weighted by Gasteiger charge is -2.11. The van der Waals surface area contributed by atoms with Gasteiger partial charge in [-0.1, -0.05) is 40.6 Å². The number of rotatable bonds is 3. The molecule has 0 atom stereocenters. The van der Waals surface area contributed by atoms with Crippen LogP contribution >= 0.6 is 34.5 Å². The van der Waals surface area contributed by atoms with Crippen molar-refractivity contribution < 1.29 is 13.2 Å². The molecule has 0 unspecified atom stereocenters. The van der Waals surface area contributed by atoms with E-state index in [1.807, 2.05) is 0 Å². The summed E-state index contributed by atoms with van der Waals surface area (Å²) in [5, 5.41) is 3.85. The Morgan fingerprint density at radius 1 is 1.00 bits per heavy atom. The summed E-state index contributed by atoms with van der Waals surface area (Å²) in [6, 6.07) is 7.07. The first-order chi connectivity index (χ1) is 13.7. The van der Waals surface area contributed by atoms with E-state index in [2.05, 4.69) is 25.3 Å². The molecule has 3 heterocycles. The van der Waals surface area contributed by atoms with E-state index < -0.39 is 11.9 Å². The molecule has 0 saturated heterocycles. The molecular formula is C17H9Cl2F3N6S. The van der Waals surface area contributed by atoms with Gasteiger partial charge >= 0.3 is 6.18 Å². The average Bonchev–Trinajstić information content (AvgIpc) is 3.02. The van der Waals surface area contributed by atoms with Crippen LogP contribution in [-0.4, -0.2) is 19.9 Å². The van der Waals surface area contributed by atoms with Gasteiger partial charge in [0.15, 0.2) is 21.6 Å². The summed E-state index contributed by atoms with van der Waals surface area (Å²) in [4.78, 5) is 16.9. The summed E-state index contributed by atoms with van der Waals surface area (Å²) in [6.45, 7) is 0. The van der Waals surface area contributed by atoms with Gasteiger partial charge in [-0.2, -0.15) is 13.2 Å². The van der Waals surface area contributed by atoms with Gasteiger partial charge in [-0.05, 0) is 24.3 Å². The van der Waals surface area contributed by atoms with Crippen molar-refractivity contribution in [3.63, 3.8) is 0 Å². The predicted molar refractivity (Wildman–Crippen MR) is 108 cm³/mol. The molecular weight excluding hydrogens is 448 g/mol. The molecule has 0 aliphatic rings. The SMILES string of the molecule is Nc1nc2c(Nc3ccc(C(F)(F)F)nc3)nc(-c3c(Cl)cccc3Cl)nc2s1. The monoisotopic (exact) mass is 456 g/mol.